The molecule has 0 fully saturated rings. The summed E-state index contributed by atoms with van der Waals surface area (Å²) >= 11 is 5.88. The van der Waals surface area contributed by atoms with Gasteiger partial charge in [-0.1, -0.05) is 23.7 Å². The second kappa shape index (κ2) is 9.03. The Hall–Kier alpha value is -2.60. The van der Waals surface area contributed by atoms with E-state index in [1.807, 2.05) is 18.2 Å². The van der Waals surface area contributed by atoms with Crippen molar-refractivity contribution in [2.45, 2.75) is 6.42 Å². The third kappa shape index (κ3) is 5.76. The Morgan fingerprint density at radius 3 is 2.68 bits per heavy atom. The molecule has 132 valence electrons. The van der Waals surface area contributed by atoms with E-state index < -0.39 is 24.3 Å². The van der Waals surface area contributed by atoms with Crippen LogP contribution >= 0.6 is 11.6 Å². The smallest absolute Gasteiger partial charge is 0.338 e. The topological polar surface area (TPSA) is 64.6 Å². The molecule has 0 saturated carbocycles. The van der Waals surface area contributed by atoms with Gasteiger partial charge in [-0.05, 0) is 42.3 Å². The molecule has 2 aromatic rings. The lowest BCUT2D eigenvalue weighted by Crippen LogP contribution is -2.30. The number of hydrogen-bond acceptors (Lipinski definition) is 4. The van der Waals surface area contributed by atoms with Crippen molar-refractivity contribution in [1.82, 2.24) is 5.32 Å². The SMILES string of the molecule is COc1ccc(C(=O)OCC(=O)NCCc2cccc(Cl)c2)cc1F. The van der Waals surface area contributed by atoms with Crippen molar-refractivity contribution < 1.29 is 23.5 Å². The number of esters is 1. The van der Waals surface area contributed by atoms with Crippen molar-refractivity contribution in [2.75, 3.05) is 20.3 Å². The summed E-state index contributed by atoms with van der Waals surface area (Å²) in [4.78, 5) is 23.5. The van der Waals surface area contributed by atoms with Gasteiger partial charge in [0.1, 0.15) is 0 Å². The number of amides is 1. The lowest BCUT2D eigenvalue weighted by molar-refractivity contribution is -0.124. The van der Waals surface area contributed by atoms with E-state index in [0.29, 0.717) is 18.0 Å². The first-order valence-electron chi connectivity index (χ1n) is 7.51. The van der Waals surface area contributed by atoms with Crippen LogP contribution in [0.3, 0.4) is 0 Å². The zero-order valence-corrected chi connectivity index (χ0v) is 14.3. The molecule has 7 heteroatoms. The molecule has 25 heavy (non-hydrogen) atoms. The Labute approximate surface area is 149 Å². The minimum absolute atomic E-state index is 0.00466. The van der Waals surface area contributed by atoms with Crippen molar-refractivity contribution >= 4 is 23.5 Å². The first-order valence-corrected chi connectivity index (χ1v) is 7.89. The van der Waals surface area contributed by atoms with Gasteiger partial charge in [-0.15, -0.1) is 0 Å². The molecule has 0 bridgehead atoms. The van der Waals surface area contributed by atoms with Crippen molar-refractivity contribution in [2.24, 2.45) is 0 Å². The third-order valence-corrected chi connectivity index (χ3v) is 3.58. The van der Waals surface area contributed by atoms with Crippen LogP contribution in [0.15, 0.2) is 42.5 Å². The minimum atomic E-state index is -0.786. The fourth-order valence-electron chi connectivity index (χ4n) is 2.10. The van der Waals surface area contributed by atoms with Crippen LogP contribution in [-0.4, -0.2) is 32.1 Å². The van der Waals surface area contributed by atoms with Crippen LogP contribution in [0.5, 0.6) is 5.75 Å². The number of ether oxygens (including phenoxy) is 2. The van der Waals surface area contributed by atoms with Crippen LogP contribution in [0.2, 0.25) is 5.02 Å². The molecule has 0 heterocycles. The standard InChI is InChI=1S/C18H17ClFNO4/c1-24-16-6-5-13(10-15(16)20)18(23)25-11-17(22)21-8-7-12-3-2-4-14(19)9-12/h2-6,9-10H,7-8,11H2,1H3,(H,21,22). The number of carbonyl (C=O) groups excluding carboxylic acids is 2. The number of carbonyl (C=O) groups is 2. The molecule has 2 rings (SSSR count). The quantitative estimate of drug-likeness (QED) is 0.766. The Bertz CT molecular complexity index is 766. The summed E-state index contributed by atoms with van der Waals surface area (Å²) in [5, 5.41) is 3.26. The normalized spacial score (nSPS) is 10.2. The summed E-state index contributed by atoms with van der Waals surface area (Å²) in [7, 11) is 1.32. The van der Waals surface area contributed by atoms with Gasteiger partial charge in [0.25, 0.3) is 5.91 Å². The number of benzene rings is 2. The lowest BCUT2D eigenvalue weighted by Gasteiger charge is -2.08. The second-order valence-corrected chi connectivity index (χ2v) is 5.59. The van der Waals surface area contributed by atoms with Crippen molar-refractivity contribution in [3.05, 3.63) is 64.4 Å². The van der Waals surface area contributed by atoms with Crippen LogP contribution in [0.25, 0.3) is 0 Å². The number of rotatable bonds is 7. The van der Waals surface area contributed by atoms with E-state index >= 15 is 0 Å². The highest BCUT2D eigenvalue weighted by atomic mass is 35.5. The Balaban J connectivity index is 1.75. The van der Waals surface area contributed by atoms with Gasteiger partial charge in [0.2, 0.25) is 0 Å². The maximum absolute atomic E-state index is 13.5. The zero-order chi connectivity index (χ0) is 18.2. The molecule has 0 aliphatic heterocycles. The molecule has 0 atom stereocenters. The molecule has 5 nitrogen and oxygen atoms in total. The summed E-state index contributed by atoms with van der Waals surface area (Å²) in [5.41, 5.74) is 0.989. The average molecular weight is 366 g/mol. The van der Waals surface area contributed by atoms with Gasteiger partial charge in [-0.3, -0.25) is 4.79 Å². The fourth-order valence-corrected chi connectivity index (χ4v) is 2.31. The highest BCUT2D eigenvalue weighted by molar-refractivity contribution is 6.30. The highest BCUT2D eigenvalue weighted by Gasteiger charge is 2.13. The van der Waals surface area contributed by atoms with Crippen LogP contribution < -0.4 is 10.1 Å². The fraction of sp³-hybridized carbons (Fsp3) is 0.222. The van der Waals surface area contributed by atoms with Crippen LogP contribution in [-0.2, 0) is 16.0 Å². The molecular weight excluding hydrogens is 349 g/mol. The summed E-state index contributed by atoms with van der Waals surface area (Å²) in [6.07, 6.45) is 0.601. The molecule has 2 aromatic carbocycles. The largest absolute Gasteiger partial charge is 0.494 e. The number of nitrogens with one attached hydrogen (secondary N) is 1. The number of methoxy groups -OCH3 is 1. The molecule has 1 amide bonds. The van der Waals surface area contributed by atoms with Gasteiger partial charge in [-0.25, -0.2) is 9.18 Å². The van der Waals surface area contributed by atoms with E-state index in [1.54, 1.807) is 6.07 Å². The maximum atomic E-state index is 13.5. The van der Waals surface area contributed by atoms with E-state index in [2.05, 4.69) is 5.32 Å². The Morgan fingerprint density at radius 1 is 1.20 bits per heavy atom. The summed E-state index contributed by atoms with van der Waals surface area (Å²) in [6, 6.07) is 11.0. The van der Waals surface area contributed by atoms with Gasteiger partial charge < -0.3 is 14.8 Å². The van der Waals surface area contributed by atoms with Gasteiger partial charge in [0.05, 0.1) is 12.7 Å². The van der Waals surface area contributed by atoms with E-state index in [0.717, 1.165) is 11.6 Å². The maximum Gasteiger partial charge on any atom is 0.338 e. The molecule has 0 saturated heterocycles. The molecule has 0 unspecified atom stereocenters. The van der Waals surface area contributed by atoms with Gasteiger partial charge >= 0.3 is 5.97 Å². The molecule has 0 aliphatic rings. The highest BCUT2D eigenvalue weighted by Crippen LogP contribution is 2.18. The van der Waals surface area contributed by atoms with E-state index in [-0.39, 0.29) is 11.3 Å². The van der Waals surface area contributed by atoms with E-state index in [4.69, 9.17) is 21.1 Å². The molecule has 0 aliphatic carbocycles. The van der Waals surface area contributed by atoms with Crippen molar-refractivity contribution in [1.29, 1.82) is 0 Å². The molecule has 0 radical (unpaired) electrons. The van der Waals surface area contributed by atoms with E-state index in [9.17, 15) is 14.0 Å². The molecule has 1 N–H and O–H groups in total. The lowest BCUT2D eigenvalue weighted by atomic mass is 10.1. The number of hydrogen-bond donors (Lipinski definition) is 1. The first kappa shape index (κ1) is 18.7. The van der Waals surface area contributed by atoms with Gasteiger partial charge in [0, 0.05) is 11.6 Å². The van der Waals surface area contributed by atoms with Gasteiger partial charge in [0.15, 0.2) is 18.2 Å². The zero-order valence-electron chi connectivity index (χ0n) is 13.6. The molecule has 0 aromatic heterocycles. The summed E-state index contributed by atoms with van der Waals surface area (Å²) < 4.78 is 23.2. The van der Waals surface area contributed by atoms with Crippen LogP contribution in [0.4, 0.5) is 4.39 Å². The van der Waals surface area contributed by atoms with Crippen molar-refractivity contribution in [3.63, 3.8) is 0 Å². The predicted octanol–water partition coefficient (Wildman–Crippen LogP) is 3.00. The third-order valence-electron chi connectivity index (χ3n) is 3.35. The second-order valence-electron chi connectivity index (χ2n) is 5.16. The summed E-state index contributed by atoms with van der Waals surface area (Å²) in [5.74, 6) is -1.88. The average Bonchev–Trinajstić information content (AvgIpc) is 2.59. The van der Waals surface area contributed by atoms with Crippen LogP contribution in [0, 0.1) is 5.82 Å². The molecule has 0 spiro atoms. The summed E-state index contributed by atoms with van der Waals surface area (Å²) in [6.45, 7) is -0.0596. The predicted molar refractivity (Wildman–Crippen MR) is 91.4 cm³/mol. The first-order chi connectivity index (χ1) is 12.0. The van der Waals surface area contributed by atoms with Crippen LogP contribution in [0.1, 0.15) is 15.9 Å². The van der Waals surface area contributed by atoms with Gasteiger partial charge in [-0.2, -0.15) is 0 Å². The minimum Gasteiger partial charge on any atom is -0.494 e. The molecular formula is C18H17ClFNO4. The Morgan fingerprint density at radius 2 is 2.00 bits per heavy atom. The monoisotopic (exact) mass is 365 g/mol. The van der Waals surface area contributed by atoms with E-state index in [1.165, 1.54) is 19.2 Å². The Kier molecular flexibility index (Phi) is 6.77. The number of halogens is 2. The van der Waals surface area contributed by atoms with Crippen molar-refractivity contribution in [3.8, 4) is 5.75 Å².